The van der Waals surface area contributed by atoms with Gasteiger partial charge in [0.25, 0.3) is 0 Å². The van der Waals surface area contributed by atoms with Gasteiger partial charge in [-0.1, -0.05) is 0 Å². The minimum Gasteiger partial charge on any atom is -0.372 e. The van der Waals surface area contributed by atoms with Gasteiger partial charge in [-0.25, -0.2) is 4.98 Å². The molecule has 0 fully saturated rings. The second kappa shape index (κ2) is 3.81. The molecule has 0 bridgehead atoms. The van der Waals surface area contributed by atoms with Crippen molar-refractivity contribution in [2.75, 3.05) is 21.3 Å². The van der Waals surface area contributed by atoms with Crippen LogP contribution in [0, 0.1) is 0 Å². The minimum absolute atomic E-state index is 0.620. The first-order chi connectivity index (χ1) is 5.79. The molecule has 0 aromatic carbocycles. The summed E-state index contributed by atoms with van der Waals surface area (Å²) < 4.78 is 15.5. The Balaban J connectivity index is 2.93. The Morgan fingerprint density at radius 3 is 2.17 bits per heavy atom. The van der Waals surface area contributed by atoms with Gasteiger partial charge in [0.05, 0.1) is 0 Å². The van der Waals surface area contributed by atoms with E-state index in [0.717, 1.165) is 0 Å². The standard InChI is InChI=1S/C6H12N2O3Si/c1-9-12(10-2,11-3)6-7-4-5-8-6/h4-5H,1-3H3,(H,7,8). The van der Waals surface area contributed by atoms with Crippen molar-refractivity contribution < 1.29 is 13.3 Å². The highest BCUT2D eigenvalue weighted by atomic mass is 28.4. The van der Waals surface area contributed by atoms with Crippen LogP contribution in [0.2, 0.25) is 0 Å². The number of nitrogens with one attached hydrogen (secondary N) is 1. The number of rotatable bonds is 4. The second-order valence-electron chi connectivity index (χ2n) is 2.11. The lowest BCUT2D eigenvalue weighted by Gasteiger charge is -2.21. The van der Waals surface area contributed by atoms with E-state index in [1.807, 2.05) is 0 Å². The SMILES string of the molecule is CO[Si](OC)(OC)c1ncc[nH]1. The Hall–Kier alpha value is -0.693. The minimum atomic E-state index is -2.71. The van der Waals surface area contributed by atoms with Gasteiger partial charge in [0, 0.05) is 33.7 Å². The summed E-state index contributed by atoms with van der Waals surface area (Å²) in [5, 5.41) is 0. The van der Waals surface area contributed by atoms with E-state index in [4.69, 9.17) is 13.3 Å². The zero-order valence-electron chi connectivity index (χ0n) is 7.33. The quantitative estimate of drug-likeness (QED) is 0.647. The lowest BCUT2D eigenvalue weighted by Crippen LogP contribution is -2.56. The molecule has 68 valence electrons. The molecule has 1 rings (SSSR count). The molecule has 0 saturated carbocycles. The molecular weight excluding hydrogens is 176 g/mol. The van der Waals surface area contributed by atoms with Gasteiger partial charge in [-0.05, 0) is 0 Å². The summed E-state index contributed by atoms with van der Waals surface area (Å²) in [6.07, 6.45) is 3.34. The summed E-state index contributed by atoms with van der Waals surface area (Å²) in [6.45, 7) is 0. The molecule has 1 aromatic rings. The van der Waals surface area contributed by atoms with Crippen molar-refractivity contribution in [1.82, 2.24) is 9.97 Å². The van der Waals surface area contributed by atoms with E-state index < -0.39 is 8.80 Å². The third-order valence-corrected chi connectivity index (χ3v) is 4.06. The van der Waals surface area contributed by atoms with Crippen LogP contribution in [0.4, 0.5) is 0 Å². The number of H-pyrrole nitrogens is 1. The molecule has 0 aliphatic heterocycles. The Morgan fingerprint density at radius 2 is 1.83 bits per heavy atom. The molecule has 0 saturated heterocycles. The number of hydrogen-bond acceptors (Lipinski definition) is 4. The molecule has 1 aromatic heterocycles. The van der Waals surface area contributed by atoms with Crippen LogP contribution in [0.1, 0.15) is 0 Å². The molecule has 0 atom stereocenters. The van der Waals surface area contributed by atoms with Crippen molar-refractivity contribution >= 4 is 14.3 Å². The Kier molecular flexibility index (Phi) is 2.98. The molecule has 1 heterocycles. The molecule has 6 heteroatoms. The number of imidazole rings is 1. The normalized spacial score (nSPS) is 11.9. The van der Waals surface area contributed by atoms with Crippen molar-refractivity contribution in [2.45, 2.75) is 0 Å². The molecule has 5 nitrogen and oxygen atoms in total. The molecular formula is C6H12N2O3Si. The lowest BCUT2D eigenvalue weighted by molar-refractivity contribution is 0.138. The van der Waals surface area contributed by atoms with Crippen LogP contribution in [0.5, 0.6) is 0 Å². The fraction of sp³-hybridized carbons (Fsp3) is 0.500. The summed E-state index contributed by atoms with van der Waals surface area (Å²) in [5.41, 5.74) is 0.620. The average Bonchev–Trinajstić information content (AvgIpc) is 2.62. The molecule has 12 heavy (non-hydrogen) atoms. The first-order valence-electron chi connectivity index (χ1n) is 3.44. The fourth-order valence-electron chi connectivity index (χ4n) is 0.973. The maximum atomic E-state index is 5.18. The molecule has 0 spiro atoms. The summed E-state index contributed by atoms with van der Waals surface area (Å²) in [6, 6.07) is 0. The van der Waals surface area contributed by atoms with Gasteiger partial charge in [0.1, 0.15) is 0 Å². The first-order valence-corrected chi connectivity index (χ1v) is 5.17. The number of aromatic amines is 1. The van der Waals surface area contributed by atoms with E-state index >= 15 is 0 Å². The maximum absolute atomic E-state index is 5.18. The molecule has 0 aliphatic rings. The van der Waals surface area contributed by atoms with Crippen LogP contribution in [-0.2, 0) is 13.3 Å². The Bertz CT molecular complexity index is 214. The van der Waals surface area contributed by atoms with E-state index in [9.17, 15) is 0 Å². The highest BCUT2D eigenvalue weighted by Gasteiger charge is 2.43. The van der Waals surface area contributed by atoms with Gasteiger partial charge in [0.2, 0.25) is 0 Å². The zero-order valence-corrected chi connectivity index (χ0v) is 8.33. The van der Waals surface area contributed by atoms with E-state index in [2.05, 4.69) is 9.97 Å². The third-order valence-electron chi connectivity index (χ3n) is 1.59. The molecule has 0 aliphatic carbocycles. The molecule has 1 N–H and O–H groups in total. The molecule has 0 unspecified atom stereocenters. The van der Waals surface area contributed by atoms with E-state index in [1.54, 1.807) is 33.7 Å². The summed E-state index contributed by atoms with van der Waals surface area (Å²) >= 11 is 0. The average molecular weight is 188 g/mol. The van der Waals surface area contributed by atoms with Gasteiger partial charge < -0.3 is 18.3 Å². The largest absolute Gasteiger partial charge is 0.573 e. The van der Waals surface area contributed by atoms with Crippen molar-refractivity contribution in [3.05, 3.63) is 12.4 Å². The van der Waals surface area contributed by atoms with Crippen molar-refractivity contribution in [2.24, 2.45) is 0 Å². The smallest absolute Gasteiger partial charge is 0.372 e. The van der Waals surface area contributed by atoms with Crippen molar-refractivity contribution in [1.29, 1.82) is 0 Å². The van der Waals surface area contributed by atoms with E-state index in [1.165, 1.54) is 0 Å². The molecule has 0 amide bonds. The Morgan fingerprint density at radius 1 is 1.25 bits per heavy atom. The van der Waals surface area contributed by atoms with Gasteiger partial charge >= 0.3 is 8.80 Å². The van der Waals surface area contributed by atoms with Crippen LogP contribution >= 0.6 is 0 Å². The second-order valence-corrected chi connectivity index (χ2v) is 4.92. The van der Waals surface area contributed by atoms with Crippen LogP contribution in [0.3, 0.4) is 0 Å². The number of nitrogens with zero attached hydrogens (tertiary/aromatic N) is 1. The molecule has 0 radical (unpaired) electrons. The Labute approximate surface area is 72.0 Å². The first kappa shape index (κ1) is 9.40. The third kappa shape index (κ3) is 1.41. The monoisotopic (exact) mass is 188 g/mol. The maximum Gasteiger partial charge on any atom is 0.573 e. The van der Waals surface area contributed by atoms with Gasteiger partial charge in [-0.3, -0.25) is 0 Å². The number of aromatic nitrogens is 2. The number of hydrogen-bond donors (Lipinski definition) is 1. The highest BCUT2D eigenvalue weighted by molar-refractivity contribution is 6.73. The fourth-order valence-corrected chi connectivity index (χ4v) is 2.55. The van der Waals surface area contributed by atoms with Gasteiger partial charge in [-0.2, -0.15) is 0 Å². The van der Waals surface area contributed by atoms with E-state index in [0.29, 0.717) is 5.45 Å². The van der Waals surface area contributed by atoms with Crippen LogP contribution in [0.25, 0.3) is 0 Å². The zero-order chi connectivity index (χ0) is 9.03. The van der Waals surface area contributed by atoms with Crippen molar-refractivity contribution in [3.8, 4) is 0 Å². The predicted octanol–water partition coefficient (Wildman–Crippen LogP) is -0.505. The summed E-state index contributed by atoms with van der Waals surface area (Å²) in [7, 11) is 1.92. The predicted molar refractivity (Wildman–Crippen MR) is 45.0 cm³/mol. The highest BCUT2D eigenvalue weighted by Crippen LogP contribution is 2.02. The van der Waals surface area contributed by atoms with Gasteiger partial charge in [0.15, 0.2) is 5.45 Å². The van der Waals surface area contributed by atoms with Gasteiger partial charge in [-0.15, -0.1) is 0 Å². The van der Waals surface area contributed by atoms with Crippen LogP contribution in [0.15, 0.2) is 12.4 Å². The lowest BCUT2D eigenvalue weighted by atomic mass is 11.0. The summed E-state index contributed by atoms with van der Waals surface area (Å²) in [5.74, 6) is 0. The van der Waals surface area contributed by atoms with Crippen molar-refractivity contribution in [3.63, 3.8) is 0 Å². The van der Waals surface area contributed by atoms with Crippen LogP contribution in [-0.4, -0.2) is 40.1 Å². The van der Waals surface area contributed by atoms with E-state index in [-0.39, 0.29) is 0 Å². The summed E-state index contributed by atoms with van der Waals surface area (Å²) in [4.78, 5) is 6.94. The topological polar surface area (TPSA) is 56.4 Å². The van der Waals surface area contributed by atoms with Crippen LogP contribution < -0.4 is 5.45 Å².